The standard InChI is InChI=1S/C13H16F6O/c1-4-5-7-10(2,3)8-6-9-11(20,12(14,15)16)13(17,18)19/h4,20H,1,5,7-8H2,2-3H3. The number of rotatable bonds is 4. The van der Waals surface area contributed by atoms with Gasteiger partial charge in [0.15, 0.2) is 0 Å². The van der Waals surface area contributed by atoms with E-state index in [1.807, 2.05) is 5.92 Å². The largest absolute Gasteiger partial charge is 0.438 e. The van der Waals surface area contributed by atoms with Gasteiger partial charge in [-0.1, -0.05) is 25.8 Å². The van der Waals surface area contributed by atoms with Crippen LogP contribution >= 0.6 is 0 Å². The molecule has 0 amide bonds. The molecule has 0 spiro atoms. The van der Waals surface area contributed by atoms with Crippen molar-refractivity contribution < 1.29 is 31.4 Å². The van der Waals surface area contributed by atoms with Crippen LogP contribution in [0, 0.1) is 17.3 Å². The molecule has 0 aliphatic rings. The molecular formula is C13H16F6O. The van der Waals surface area contributed by atoms with Crippen LogP contribution in [0.3, 0.4) is 0 Å². The Hall–Kier alpha value is -1.16. The fourth-order valence-corrected chi connectivity index (χ4v) is 1.30. The first-order valence-corrected chi connectivity index (χ1v) is 5.73. The van der Waals surface area contributed by atoms with Gasteiger partial charge in [0, 0.05) is 6.42 Å². The van der Waals surface area contributed by atoms with Crippen LogP contribution in [0.2, 0.25) is 0 Å². The van der Waals surface area contributed by atoms with E-state index >= 15 is 0 Å². The number of alkyl halides is 6. The van der Waals surface area contributed by atoms with E-state index in [4.69, 9.17) is 5.11 Å². The van der Waals surface area contributed by atoms with Gasteiger partial charge in [-0.25, -0.2) is 0 Å². The Balaban J connectivity index is 5.16. The minimum absolute atomic E-state index is 0.199. The van der Waals surface area contributed by atoms with Crippen molar-refractivity contribution in [3.05, 3.63) is 12.7 Å². The van der Waals surface area contributed by atoms with E-state index in [-0.39, 0.29) is 6.42 Å². The fourth-order valence-electron chi connectivity index (χ4n) is 1.30. The zero-order valence-electron chi connectivity index (χ0n) is 11.1. The maximum atomic E-state index is 12.3. The van der Waals surface area contributed by atoms with Crippen molar-refractivity contribution in [3.8, 4) is 11.8 Å². The van der Waals surface area contributed by atoms with Crippen molar-refractivity contribution in [2.75, 3.05) is 0 Å². The van der Waals surface area contributed by atoms with Crippen molar-refractivity contribution in [1.82, 2.24) is 0 Å². The second-order valence-electron chi connectivity index (χ2n) is 5.18. The molecule has 20 heavy (non-hydrogen) atoms. The van der Waals surface area contributed by atoms with E-state index in [1.165, 1.54) is 0 Å². The molecule has 0 aromatic carbocycles. The third-order valence-electron chi connectivity index (χ3n) is 2.68. The minimum atomic E-state index is -5.90. The first kappa shape index (κ1) is 18.8. The highest BCUT2D eigenvalue weighted by Crippen LogP contribution is 2.42. The van der Waals surface area contributed by atoms with Gasteiger partial charge >= 0.3 is 18.0 Å². The molecule has 0 bridgehead atoms. The van der Waals surface area contributed by atoms with Crippen molar-refractivity contribution in [2.24, 2.45) is 5.41 Å². The van der Waals surface area contributed by atoms with Gasteiger partial charge in [0.2, 0.25) is 0 Å². The fraction of sp³-hybridized carbons (Fsp3) is 0.692. The van der Waals surface area contributed by atoms with Crippen LogP contribution in [0.1, 0.15) is 33.1 Å². The second-order valence-corrected chi connectivity index (χ2v) is 5.18. The SMILES string of the molecule is C=CCCC(C)(C)CC#CC(O)(C(F)(F)F)C(F)(F)F. The molecule has 0 radical (unpaired) electrons. The molecule has 0 aromatic rings. The van der Waals surface area contributed by atoms with E-state index in [0.717, 1.165) is 5.92 Å². The molecule has 0 rings (SSSR count). The van der Waals surface area contributed by atoms with Crippen LogP contribution in [-0.2, 0) is 0 Å². The predicted molar refractivity (Wildman–Crippen MR) is 62.7 cm³/mol. The molecule has 0 fully saturated rings. The lowest BCUT2D eigenvalue weighted by atomic mass is 9.84. The smallest absolute Gasteiger partial charge is 0.363 e. The van der Waals surface area contributed by atoms with Gasteiger partial charge in [-0.2, -0.15) is 26.3 Å². The molecule has 0 atom stereocenters. The van der Waals surface area contributed by atoms with Crippen molar-refractivity contribution in [1.29, 1.82) is 0 Å². The van der Waals surface area contributed by atoms with Crippen LogP contribution < -0.4 is 0 Å². The molecule has 0 heterocycles. The summed E-state index contributed by atoms with van der Waals surface area (Å²) in [6.45, 7) is 6.79. The van der Waals surface area contributed by atoms with Gasteiger partial charge in [0.05, 0.1) is 0 Å². The summed E-state index contributed by atoms with van der Waals surface area (Å²) in [6, 6.07) is 0. The van der Waals surface area contributed by atoms with Gasteiger partial charge in [-0.3, -0.25) is 0 Å². The highest BCUT2D eigenvalue weighted by Gasteiger charge is 2.70. The summed E-state index contributed by atoms with van der Waals surface area (Å²) in [5, 5.41) is 8.82. The molecule has 1 N–H and O–H groups in total. The van der Waals surface area contributed by atoms with Crippen LogP contribution in [0.5, 0.6) is 0 Å². The quantitative estimate of drug-likeness (QED) is 0.468. The van der Waals surface area contributed by atoms with E-state index in [2.05, 4.69) is 6.58 Å². The summed E-state index contributed by atoms with van der Waals surface area (Å²) < 4.78 is 74.0. The maximum Gasteiger partial charge on any atom is 0.438 e. The molecule has 0 unspecified atom stereocenters. The van der Waals surface area contributed by atoms with E-state index in [1.54, 1.807) is 19.9 Å². The van der Waals surface area contributed by atoms with Crippen molar-refractivity contribution in [3.63, 3.8) is 0 Å². The summed E-state index contributed by atoms with van der Waals surface area (Å²) in [6.07, 6.45) is -9.32. The molecule has 0 aliphatic carbocycles. The Kier molecular flexibility index (Phi) is 5.73. The predicted octanol–water partition coefficient (Wildman–Crippen LogP) is 4.23. The molecule has 7 heteroatoms. The zero-order valence-corrected chi connectivity index (χ0v) is 11.1. The summed E-state index contributed by atoms with van der Waals surface area (Å²) in [5.74, 6) is 2.75. The summed E-state index contributed by atoms with van der Waals surface area (Å²) in [4.78, 5) is 0. The van der Waals surface area contributed by atoms with Crippen LogP contribution in [-0.4, -0.2) is 23.1 Å². The number of aliphatic hydroxyl groups is 1. The molecule has 0 saturated carbocycles. The Morgan fingerprint density at radius 1 is 1.05 bits per heavy atom. The Morgan fingerprint density at radius 3 is 1.85 bits per heavy atom. The lowest BCUT2D eigenvalue weighted by Gasteiger charge is -2.27. The lowest BCUT2D eigenvalue weighted by molar-refractivity contribution is -0.343. The van der Waals surface area contributed by atoms with Gasteiger partial charge in [0.25, 0.3) is 0 Å². The number of hydrogen-bond donors (Lipinski definition) is 1. The van der Waals surface area contributed by atoms with Crippen molar-refractivity contribution >= 4 is 0 Å². The monoisotopic (exact) mass is 302 g/mol. The summed E-state index contributed by atoms with van der Waals surface area (Å²) in [5.41, 5.74) is -5.56. The third kappa shape index (κ3) is 4.75. The molecule has 116 valence electrons. The Morgan fingerprint density at radius 2 is 1.50 bits per heavy atom. The van der Waals surface area contributed by atoms with E-state index in [9.17, 15) is 26.3 Å². The van der Waals surface area contributed by atoms with E-state index in [0.29, 0.717) is 12.8 Å². The van der Waals surface area contributed by atoms with Crippen LogP contribution in [0.15, 0.2) is 12.7 Å². The third-order valence-corrected chi connectivity index (χ3v) is 2.68. The average molecular weight is 302 g/mol. The summed E-state index contributed by atoms with van der Waals surface area (Å²) in [7, 11) is 0. The topological polar surface area (TPSA) is 20.2 Å². The lowest BCUT2D eigenvalue weighted by Crippen LogP contribution is -2.55. The Labute approximate surface area is 113 Å². The highest BCUT2D eigenvalue weighted by atomic mass is 19.4. The van der Waals surface area contributed by atoms with Gasteiger partial charge in [-0.05, 0) is 24.2 Å². The molecule has 1 nitrogen and oxygen atoms in total. The molecule has 0 aromatic heterocycles. The normalized spacial score (nSPS) is 13.7. The van der Waals surface area contributed by atoms with Gasteiger partial charge < -0.3 is 5.11 Å². The van der Waals surface area contributed by atoms with Gasteiger partial charge in [-0.15, -0.1) is 6.58 Å². The minimum Gasteiger partial charge on any atom is -0.363 e. The van der Waals surface area contributed by atoms with E-state index < -0.39 is 23.4 Å². The zero-order chi connectivity index (χ0) is 16.2. The van der Waals surface area contributed by atoms with Crippen LogP contribution in [0.4, 0.5) is 26.3 Å². The molecule has 0 aliphatic heterocycles. The molecular weight excluding hydrogens is 286 g/mol. The first-order valence-electron chi connectivity index (χ1n) is 5.73. The molecule has 0 saturated heterocycles. The average Bonchev–Trinajstić information content (AvgIpc) is 2.23. The highest BCUT2D eigenvalue weighted by molar-refractivity contribution is 5.21. The van der Waals surface area contributed by atoms with Crippen molar-refractivity contribution in [2.45, 2.75) is 51.1 Å². The number of halogens is 6. The van der Waals surface area contributed by atoms with Crippen LogP contribution in [0.25, 0.3) is 0 Å². The van der Waals surface area contributed by atoms with Gasteiger partial charge in [0.1, 0.15) is 0 Å². The second kappa shape index (κ2) is 6.08. The maximum absolute atomic E-state index is 12.3. The number of allylic oxidation sites excluding steroid dienone is 1. The Bertz CT molecular complexity index is 380. The first-order chi connectivity index (χ1) is 8.77. The number of hydrogen-bond acceptors (Lipinski definition) is 1. The summed E-state index contributed by atoms with van der Waals surface area (Å²) >= 11 is 0.